The number of rotatable bonds is 4. The summed E-state index contributed by atoms with van der Waals surface area (Å²) in [5.74, 6) is 1.06. The van der Waals surface area contributed by atoms with Gasteiger partial charge in [-0.2, -0.15) is 0 Å². The van der Waals surface area contributed by atoms with E-state index >= 15 is 0 Å². The van der Waals surface area contributed by atoms with E-state index in [2.05, 4.69) is 9.97 Å². The fourth-order valence-corrected chi connectivity index (χ4v) is 2.44. The lowest BCUT2D eigenvalue weighted by Gasteiger charge is -2.06. The van der Waals surface area contributed by atoms with E-state index < -0.39 is 0 Å². The summed E-state index contributed by atoms with van der Waals surface area (Å²) in [7, 11) is 2.99. The molecule has 0 aliphatic heterocycles. The van der Waals surface area contributed by atoms with Crippen molar-refractivity contribution in [2.75, 3.05) is 14.2 Å². The second-order valence-electron chi connectivity index (χ2n) is 5.25. The molecule has 2 heterocycles. The largest absolute Gasteiger partial charge is 0.497 e. The molecule has 0 atom stereocenters. The average molecular weight is 323 g/mol. The van der Waals surface area contributed by atoms with Gasteiger partial charge in [0.15, 0.2) is 0 Å². The molecule has 0 fully saturated rings. The van der Waals surface area contributed by atoms with E-state index in [1.165, 1.54) is 13.4 Å². The third-order valence-corrected chi connectivity index (χ3v) is 3.71. The standard InChI is InChI=1S/C18H17N3O3/c1-12-9-21(10-15(12)18(22)24-3)17-8-16(19-11-20-17)13-5-4-6-14(7-13)23-2/h4-11H,1-3H3. The first kappa shape index (κ1) is 15.7. The molecule has 0 spiro atoms. The van der Waals surface area contributed by atoms with Crippen molar-refractivity contribution in [2.24, 2.45) is 0 Å². The lowest BCUT2D eigenvalue weighted by molar-refractivity contribution is 0.0600. The van der Waals surface area contributed by atoms with E-state index in [-0.39, 0.29) is 5.97 Å². The Labute approximate surface area is 139 Å². The second kappa shape index (κ2) is 6.54. The number of aromatic nitrogens is 3. The molecule has 0 bridgehead atoms. The zero-order valence-corrected chi connectivity index (χ0v) is 13.7. The Bertz CT molecular complexity index is 887. The van der Waals surface area contributed by atoms with Gasteiger partial charge in [-0.25, -0.2) is 14.8 Å². The molecule has 0 unspecified atom stereocenters. The highest BCUT2D eigenvalue weighted by molar-refractivity contribution is 5.90. The number of carbonyl (C=O) groups excluding carboxylic acids is 1. The molecule has 0 saturated carbocycles. The Kier molecular flexibility index (Phi) is 4.29. The molecule has 0 saturated heterocycles. The highest BCUT2D eigenvalue weighted by Gasteiger charge is 2.13. The van der Waals surface area contributed by atoms with Gasteiger partial charge in [0.1, 0.15) is 17.9 Å². The third-order valence-electron chi connectivity index (χ3n) is 3.71. The van der Waals surface area contributed by atoms with E-state index in [1.807, 2.05) is 43.5 Å². The Hall–Kier alpha value is -3.15. The monoisotopic (exact) mass is 323 g/mol. The summed E-state index contributed by atoms with van der Waals surface area (Å²) in [4.78, 5) is 20.4. The van der Waals surface area contributed by atoms with Gasteiger partial charge in [-0.1, -0.05) is 12.1 Å². The van der Waals surface area contributed by atoms with E-state index in [4.69, 9.17) is 9.47 Å². The van der Waals surface area contributed by atoms with Gasteiger partial charge in [0.2, 0.25) is 0 Å². The molecule has 6 heteroatoms. The first-order valence-electron chi connectivity index (χ1n) is 7.36. The smallest absolute Gasteiger partial charge is 0.339 e. The zero-order valence-electron chi connectivity index (χ0n) is 13.7. The topological polar surface area (TPSA) is 66.2 Å². The maximum Gasteiger partial charge on any atom is 0.339 e. The molecule has 0 radical (unpaired) electrons. The van der Waals surface area contributed by atoms with Crippen molar-refractivity contribution in [1.82, 2.24) is 14.5 Å². The van der Waals surface area contributed by atoms with Gasteiger partial charge in [0.25, 0.3) is 0 Å². The Morgan fingerprint density at radius 1 is 1.12 bits per heavy atom. The van der Waals surface area contributed by atoms with Crippen LogP contribution < -0.4 is 4.74 Å². The Balaban J connectivity index is 2.00. The van der Waals surface area contributed by atoms with Crippen molar-refractivity contribution in [1.29, 1.82) is 0 Å². The minimum absolute atomic E-state index is 0.367. The normalized spacial score (nSPS) is 10.5. The van der Waals surface area contributed by atoms with E-state index in [9.17, 15) is 4.79 Å². The number of methoxy groups -OCH3 is 2. The highest BCUT2D eigenvalue weighted by Crippen LogP contribution is 2.23. The summed E-state index contributed by atoms with van der Waals surface area (Å²) in [5.41, 5.74) is 3.03. The fourth-order valence-electron chi connectivity index (χ4n) is 2.44. The summed E-state index contributed by atoms with van der Waals surface area (Å²) >= 11 is 0. The number of ether oxygens (including phenoxy) is 2. The minimum atomic E-state index is -0.367. The van der Waals surface area contributed by atoms with Gasteiger partial charge in [0, 0.05) is 24.0 Å². The van der Waals surface area contributed by atoms with Crippen LogP contribution in [-0.2, 0) is 4.74 Å². The third kappa shape index (κ3) is 2.99. The van der Waals surface area contributed by atoms with Crippen molar-refractivity contribution in [2.45, 2.75) is 6.92 Å². The molecule has 0 aliphatic rings. The van der Waals surface area contributed by atoms with Crippen LogP contribution in [0.1, 0.15) is 15.9 Å². The molecule has 24 heavy (non-hydrogen) atoms. The van der Waals surface area contributed by atoms with E-state index in [0.29, 0.717) is 11.4 Å². The van der Waals surface area contributed by atoms with Gasteiger partial charge in [0.05, 0.1) is 25.5 Å². The number of carbonyl (C=O) groups is 1. The van der Waals surface area contributed by atoms with Crippen molar-refractivity contribution < 1.29 is 14.3 Å². The van der Waals surface area contributed by atoms with Crippen molar-refractivity contribution >= 4 is 5.97 Å². The first-order valence-corrected chi connectivity index (χ1v) is 7.36. The van der Waals surface area contributed by atoms with Crippen molar-refractivity contribution in [3.8, 4) is 22.8 Å². The number of benzene rings is 1. The van der Waals surface area contributed by atoms with Crippen LogP contribution in [0, 0.1) is 6.92 Å². The predicted molar refractivity (Wildman–Crippen MR) is 89.4 cm³/mol. The zero-order chi connectivity index (χ0) is 17.1. The number of nitrogens with zero attached hydrogens (tertiary/aromatic N) is 3. The number of hydrogen-bond donors (Lipinski definition) is 0. The van der Waals surface area contributed by atoms with Gasteiger partial charge in [-0.3, -0.25) is 0 Å². The highest BCUT2D eigenvalue weighted by atomic mass is 16.5. The van der Waals surface area contributed by atoms with E-state index in [0.717, 1.165) is 22.6 Å². The lowest BCUT2D eigenvalue weighted by Crippen LogP contribution is -2.01. The van der Waals surface area contributed by atoms with Gasteiger partial charge < -0.3 is 14.0 Å². The van der Waals surface area contributed by atoms with Gasteiger partial charge in [-0.05, 0) is 24.6 Å². The molecule has 3 aromatic rings. The molecule has 0 N–H and O–H groups in total. The summed E-state index contributed by atoms with van der Waals surface area (Å²) < 4.78 is 11.8. The summed E-state index contributed by atoms with van der Waals surface area (Å²) in [6.07, 6.45) is 5.04. The first-order chi connectivity index (χ1) is 11.6. The van der Waals surface area contributed by atoms with Crippen molar-refractivity contribution in [3.05, 3.63) is 60.2 Å². The van der Waals surface area contributed by atoms with Crippen LogP contribution >= 0.6 is 0 Å². The van der Waals surface area contributed by atoms with E-state index in [1.54, 1.807) is 17.9 Å². The molecule has 0 aliphatic carbocycles. The molecular weight excluding hydrogens is 306 g/mol. The van der Waals surface area contributed by atoms with Crippen LogP contribution in [0.2, 0.25) is 0 Å². The van der Waals surface area contributed by atoms with Crippen LogP contribution in [0.25, 0.3) is 17.1 Å². The Morgan fingerprint density at radius 3 is 2.71 bits per heavy atom. The molecule has 3 rings (SSSR count). The van der Waals surface area contributed by atoms with Crippen LogP contribution in [0.4, 0.5) is 0 Å². The van der Waals surface area contributed by atoms with Crippen molar-refractivity contribution in [3.63, 3.8) is 0 Å². The number of esters is 1. The molecule has 1 aromatic carbocycles. The number of hydrogen-bond acceptors (Lipinski definition) is 5. The fraction of sp³-hybridized carbons (Fsp3) is 0.167. The van der Waals surface area contributed by atoms with Gasteiger partial charge in [-0.15, -0.1) is 0 Å². The van der Waals surface area contributed by atoms with Gasteiger partial charge >= 0.3 is 5.97 Å². The Morgan fingerprint density at radius 2 is 1.96 bits per heavy atom. The molecule has 2 aromatic heterocycles. The summed E-state index contributed by atoms with van der Waals surface area (Å²) in [5, 5.41) is 0. The lowest BCUT2D eigenvalue weighted by atomic mass is 10.1. The number of aryl methyl sites for hydroxylation is 1. The van der Waals surface area contributed by atoms with Crippen LogP contribution in [-0.4, -0.2) is 34.7 Å². The molecule has 6 nitrogen and oxygen atoms in total. The SMILES string of the molecule is COC(=O)c1cn(-c2cc(-c3cccc(OC)c3)ncn2)cc1C. The van der Waals surface area contributed by atoms with Crippen LogP contribution in [0.3, 0.4) is 0 Å². The molecule has 0 amide bonds. The second-order valence-corrected chi connectivity index (χ2v) is 5.25. The summed E-state index contributed by atoms with van der Waals surface area (Å²) in [6, 6.07) is 9.51. The van der Waals surface area contributed by atoms with Crippen LogP contribution in [0.5, 0.6) is 5.75 Å². The average Bonchev–Trinajstić information content (AvgIpc) is 3.03. The minimum Gasteiger partial charge on any atom is -0.497 e. The maximum absolute atomic E-state index is 11.8. The predicted octanol–water partition coefficient (Wildman–Crippen LogP) is 3.04. The van der Waals surface area contributed by atoms with Crippen LogP contribution in [0.15, 0.2) is 49.1 Å². The quantitative estimate of drug-likeness (QED) is 0.690. The summed E-state index contributed by atoms with van der Waals surface area (Å²) in [6.45, 7) is 1.85. The molecule has 122 valence electrons. The molecular formula is C18H17N3O3. The maximum atomic E-state index is 11.8.